The number of thiazole rings is 1. The Hall–Kier alpha value is -0.410. The molecule has 0 spiro atoms. The van der Waals surface area contributed by atoms with Crippen molar-refractivity contribution in [2.45, 2.75) is 58.5 Å². The first kappa shape index (κ1) is 21.6. The zero-order valence-corrected chi connectivity index (χ0v) is 18.5. The third kappa shape index (κ3) is 6.84. The Bertz CT molecular complexity index is 495. The summed E-state index contributed by atoms with van der Waals surface area (Å²) in [6, 6.07) is 0.524. The molecule has 24 heavy (non-hydrogen) atoms. The molecule has 0 aromatic carbocycles. The van der Waals surface area contributed by atoms with Crippen LogP contribution >= 0.6 is 35.3 Å². The number of nitrogens with zero attached hydrogens (tertiary/aromatic N) is 3. The summed E-state index contributed by atoms with van der Waals surface area (Å²) in [4.78, 5) is 11.6. The standard InChI is InChI=1S/C17H31N5S.HI/c1-5-8-22-9-6-14(7-10-22)21-17(18-4)19-11-15-12-23-16(20-15)13(2)3;/h12-14H,5-11H2,1-4H3,(H2,18,19,21);1H. The van der Waals surface area contributed by atoms with Gasteiger partial charge in [0, 0.05) is 37.5 Å². The van der Waals surface area contributed by atoms with Crippen molar-refractivity contribution in [2.24, 2.45) is 4.99 Å². The van der Waals surface area contributed by atoms with Gasteiger partial charge in [0.05, 0.1) is 17.2 Å². The molecule has 1 aliphatic heterocycles. The third-order valence-electron chi connectivity index (χ3n) is 4.19. The first-order valence-electron chi connectivity index (χ1n) is 8.76. The molecular weight excluding hydrogens is 433 g/mol. The van der Waals surface area contributed by atoms with Gasteiger partial charge in [-0.05, 0) is 25.8 Å². The molecule has 1 saturated heterocycles. The van der Waals surface area contributed by atoms with Crippen molar-refractivity contribution in [1.29, 1.82) is 0 Å². The number of hydrogen-bond acceptors (Lipinski definition) is 4. The van der Waals surface area contributed by atoms with Gasteiger partial charge in [-0.2, -0.15) is 0 Å². The van der Waals surface area contributed by atoms with Gasteiger partial charge in [0.1, 0.15) is 0 Å². The zero-order chi connectivity index (χ0) is 16.7. The Kier molecular flexibility index (Phi) is 10.1. The Morgan fingerprint density at radius 3 is 2.67 bits per heavy atom. The van der Waals surface area contributed by atoms with E-state index in [2.05, 4.69) is 51.7 Å². The van der Waals surface area contributed by atoms with E-state index in [4.69, 9.17) is 0 Å². The molecule has 0 unspecified atom stereocenters. The second kappa shape index (κ2) is 11.3. The third-order valence-corrected chi connectivity index (χ3v) is 5.39. The predicted molar refractivity (Wildman–Crippen MR) is 115 cm³/mol. The molecule has 1 fully saturated rings. The van der Waals surface area contributed by atoms with E-state index >= 15 is 0 Å². The normalized spacial score (nSPS) is 17.0. The molecule has 0 amide bonds. The number of halogens is 1. The van der Waals surface area contributed by atoms with Crippen molar-refractivity contribution >= 4 is 41.3 Å². The van der Waals surface area contributed by atoms with Crippen LogP contribution in [0.2, 0.25) is 0 Å². The van der Waals surface area contributed by atoms with E-state index in [-0.39, 0.29) is 24.0 Å². The highest BCUT2D eigenvalue weighted by Crippen LogP contribution is 2.19. The fourth-order valence-electron chi connectivity index (χ4n) is 2.85. The molecule has 2 rings (SSSR count). The summed E-state index contributed by atoms with van der Waals surface area (Å²) in [7, 11) is 1.84. The van der Waals surface area contributed by atoms with Gasteiger partial charge in [0.25, 0.3) is 0 Å². The molecule has 2 N–H and O–H groups in total. The second-order valence-electron chi connectivity index (χ2n) is 6.52. The van der Waals surface area contributed by atoms with Gasteiger partial charge < -0.3 is 15.5 Å². The Balaban J connectivity index is 0.00000288. The van der Waals surface area contributed by atoms with E-state index in [1.54, 1.807) is 11.3 Å². The number of hydrogen-bond donors (Lipinski definition) is 2. The van der Waals surface area contributed by atoms with Crippen molar-refractivity contribution in [1.82, 2.24) is 20.5 Å². The van der Waals surface area contributed by atoms with Gasteiger partial charge in [-0.15, -0.1) is 35.3 Å². The van der Waals surface area contributed by atoms with Crippen molar-refractivity contribution in [3.8, 4) is 0 Å². The van der Waals surface area contributed by atoms with Crippen molar-refractivity contribution in [3.63, 3.8) is 0 Å². The maximum Gasteiger partial charge on any atom is 0.191 e. The number of guanidine groups is 1. The number of likely N-dealkylation sites (tertiary alicyclic amines) is 1. The molecular formula is C17H32IN5S. The Labute approximate surface area is 167 Å². The summed E-state index contributed by atoms with van der Waals surface area (Å²) in [5, 5.41) is 10.3. The van der Waals surface area contributed by atoms with Crippen LogP contribution in [0.3, 0.4) is 0 Å². The predicted octanol–water partition coefficient (Wildman–Crippen LogP) is 3.42. The number of rotatable bonds is 6. The maximum absolute atomic E-state index is 4.66. The second-order valence-corrected chi connectivity index (χ2v) is 7.41. The molecule has 7 heteroatoms. The SMILES string of the molecule is CCCN1CCC(NC(=NC)NCc2csc(C(C)C)n2)CC1.I. The highest BCUT2D eigenvalue weighted by Gasteiger charge is 2.19. The molecule has 1 aromatic heterocycles. The first-order chi connectivity index (χ1) is 11.1. The Morgan fingerprint density at radius 2 is 2.12 bits per heavy atom. The molecule has 2 heterocycles. The van der Waals surface area contributed by atoms with Crippen molar-refractivity contribution < 1.29 is 0 Å². The summed E-state index contributed by atoms with van der Waals surface area (Å²) in [5.74, 6) is 1.39. The van der Waals surface area contributed by atoms with Crippen LogP contribution in [-0.2, 0) is 6.54 Å². The van der Waals surface area contributed by atoms with Crippen molar-refractivity contribution in [3.05, 3.63) is 16.1 Å². The van der Waals surface area contributed by atoms with Crippen LogP contribution in [0.5, 0.6) is 0 Å². The van der Waals surface area contributed by atoms with Crippen LogP contribution in [0, 0.1) is 0 Å². The van der Waals surface area contributed by atoms with E-state index in [1.807, 2.05) is 7.05 Å². The lowest BCUT2D eigenvalue weighted by molar-refractivity contribution is 0.206. The van der Waals surface area contributed by atoms with E-state index < -0.39 is 0 Å². The molecule has 138 valence electrons. The van der Waals surface area contributed by atoms with Gasteiger partial charge in [-0.1, -0.05) is 20.8 Å². The minimum atomic E-state index is 0. The lowest BCUT2D eigenvalue weighted by atomic mass is 10.1. The molecule has 0 aliphatic carbocycles. The number of nitrogens with one attached hydrogen (secondary N) is 2. The molecule has 1 aliphatic rings. The minimum absolute atomic E-state index is 0. The first-order valence-corrected chi connectivity index (χ1v) is 9.64. The largest absolute Gasteiger partial charge is 0.354 e. The average molecular weight is 465 g/mol. The molecule has 0 saturated carbocycles. The van der Waals surface area contributed by atoms with Gasteiger partial charge >= 0.3 is 0 Å². The molecule has 5 nitrogen and oxygen atoms in total. The highest BCUT2D eigenvalue weighted by atomic mass is 127. The summed E-state index contributed by atoms with van der Waals surface area (Å²) in [6.07, 6.45) is 3.62. The highest BCUT2D eigenvalue weighted by molar-refractivity contribution is 14.0. The smallest absolute Gasteiger partial charge is 0.191 e. The number of piperidine rings is 1. The van der Waals surface area contributed by atoms with E-state index in [9.17, 15) is 0 Å². The van der Waals surface area contributed by atoms with E-state index in [0.717, 1.165) is 18.2 Å². The van der Waals surface area contributed by atoms with Crippen LogP contribution in [0.1, 0.15) is 56.7 Å². The minimum Gasteiger partial charge on any atom is -0.354 e. The topological polar surface area (TPSA) is 52.5 Å². The summed E-state index contributed by atoms with van der Waals surface area (Å²) < 4.78 is 0. The Morgan fingerprint density at radius 1 is 1.42 bits per heavy atom. The van der Waals surface area contributed by atoms with Crippen LogP contribution in [0.25, 0.3) is 0 Å². The molecule has 0 radical (unpaired) electrons. The fourth-order valence-corrected chi connectivity index (χ4v) is 3.68. The van der Waals surface area contributed by atoms with Crippen LogP contribution in [0.15, 0.2) is 10.4 Å². The van der Waals surface area contributed by atoms with Crippen LogP contribution < -0.4 is 10.6 Å². The monoisotopic (exact) mass is 465 g/mol. The lowest BCUT2D eigenvalue weighted by Crippen LogP contribution is -2.48. The lowest BCUT2D eigenvalue weighted by Gasteiger charge is -2.32. The van der Waals surface area contributed by atoms with Gasteiger partial charge in [0.2, 0.25) is 0 Å². The van der Waals surface area contributed by atoms with E-state index in [1.165, 1.54) is 43.9 Å². The summed E-state index contributed by atoms with van der Waals surface area (Å²) >= 11 is 1.74. The van der Waals surface area contributed by atoms with Gasteiger partial charge in [-0.3, -0.25) is 4.99 Å². The maximum atomic E-state index is 4.66. The van der Waals surface area contributed by atoms with Gasteiger partial charge in [0.15, 0.2) is 5.96 Å². The summed E-state index contributed by atoms with van der Waals surface area (Å²) in [6.45, 7) is 10.9. The fraction of sp³-hybridized carbons (Fsp3) is 0.765. The number of aromatic nitrogens is 1. The van der Waals surface area contributed by atoms with Gasteiger partial charge in [-0.25, -0.2) is 4.98 Å². The van der Waals surface area contributed by atoms with Crippen molar-refractivity contribution in [2.75, 3.05) is 26.7 Å². The molecule has 1 aromatic rings. The average Bonchev–Trinajstić information content (AvgIpc) is 3.02. The number of aliphatic imine (C=N–C) groups is 1. The van der Waals surface area contributed by atoms with Crippen LogP contribution in [-0.4, -0.2) is 48.6 Å². The van der Waals surface area contributed by atoms with E-state index in [0.29, 0.717) is 12.0 Å². The summed E-state index contributed by atoms with van der Waals surface area (Å²) in [5.41, 5.74) is 1.10. The molecule has 0 bridgehead atoms. The molecule has 0 atom stereocenters. The van der Waals surface area contributed by atoms with Crippen LogP contribution in [0.4, 0.5) is 0 Å². The quantitative estimate of drug-likeness (QED) is 0.384. The zero-order valence-electron chi connectivity index (χ0n) is 15.3.